The molecule has 0 spiro atoms. The summed E-state index contributed by atoms with van der Waals surface area (Å²) in [5.41, 5.74) is 8.90. The van der Waals surface area contributed by atoms with Gasteiger partial charge in [-0.2, -0.15) is 0 Å². The number of nitrogens with two attached hydrogens (primary N) is 1. The lowest BCUT2D eigenvalue weighted by molar-refractivity contribution is 0.414. The number of thiophene rings is 1. The Labute approximate surface area is 119 Å². The van der Waals surface area contributed by atoms with E-state index in [-0.39, 0.29) is 6.04 Å². The second kappa shape index (κ2) is 6.22. The maximum absolute atomic E-state index is 6.30. The molecule has 2 aromatic rings. The SMILES string of the molecule is COc1ccc(CCC(N)c2cc(C)sc2C)cc1. The van der Waals surface area contributed by atoms with E-state index in [1.54, 1.807) is 7.11 Å². The topological polar surface area (TPSA) is 35.2 Å². The Morgan fingerprint density at radius 3 is 2.42 bits per heavy atom. The van der Waals surface area contributed by atoms with Gasteiger partial charge >= 0.3 is 0 Å². The molecule has 19 heavy (non-hydrogen) atoms. The first-order valence-electron chi connectivity index (χ1n) is 6.55. The summed E-state index contributed by atoms with van der Waals surface area (Å²) in [5, 5.41) is 0. The molecule has 0 saturated heterocycles. The molecule has 0 amide bonds. The van der Waals surface area contributed by atoms with Crippen molar-refractivity contribution in [2.24, 2.45) is 5.73 Å². The van der Waals surface area contributed by atoms with Gasteiger partial charge in [0, 0.05) is 15.8 Å². The fraction of sp³-hybridized carbons (Fsp3) is 0.375. The molecule has 0 fully saturated rings. The number of methoxy groups -OCH3 is 1. The van der Waals surface area contributed by atoms with E-state index in [1.807, 2.05) is 23.5 Å². The van der Waals surface area contributed by atoms with Crippen LogP contribution in [-0.4, -0.2) is 7.11 Å². The van der Waals surface area contributed by atoms with E-state index < -0.39 is 0 Å². The average Bonchev–Trinajstić information content (AvgIpc) is 2.75. The van der Waals surface area contributed by atoms with Gasteiger partial charge in [-0.1, -0.05) is 12.1 Å². The maximum Gasteiger partial charge on any atom is 0.118 e. The van der Waals surface area contributed by atoms with E-state index in [1.165, 1.54) is 20.9 Å². The molecule has 1 aromatic heterocycles. The van der Waals surface area contributed by atoms with Crippen LogP contribution in [0.15, 0.2) is 30.3 Å². The van der Waals surface area contributed by atoms with E-state index in [4.69, 9.17) is 10.5 Å². The highest BCUT2D eigenvalue weighted by Crippen LogP contribution is 2.27. The van der Waals surface area contributed by atoms with Crippen LogP contribution in [0.4, 0.5) is 0 Å². The number of rotatable bonds is 5. The van der Waals surface area contributed by atoms with Gasteiger partial charge in [0.05, 0.1) is 7.11 Å². The standard InChI is InChI=1S/C16H21NOS/c1-11-10-15(12(2)19-11)16(17)9-6-13-4-7-14(18-3)8-5-13/h4-5,7-8,10,16H,6,9,17H2,1-3H3. The van der Waals surface area contributed by atoms with Crippen molar-refractivity contribution < 1.29 is 4.74 Å². The Bertz CT molecular complexity index is 530. The first kappa shape index (κ1) is 14.1. The molecular formula is C16H21NOS. The minimum atomic E-state index is 0.132. The molecule has 1 aromatic carbocycles. The Morgan fingerprint density at radius 2 is 1.89 bits per heavy atom. The van der Waals surface area contributed by atoms with Gasteiger partial charge in [0.15, 0.2) is 0 Å². The summed E-state index contributed by atoms with van der Waals surface area (Å²) in [4.78, 5) is 2.69. The molecule has 3 heteroatoms. The second-order valence-electron chi connectivity index (χ2n) is 4.86. The highest BCUT2D eigenvalue weighted by atomic mass is 32.1. The smallest absolute Gasteiger partial charge is 0.118 e. The van der Waals surface area contributed by atoms with Crippen LogP contribution in [-0.2, 0) is 6.42 Å². The number of hydrogen-bond donors (Lipinski definition) is 1. The van der Waals surface area contributed by atoms with Crippen LogP contribution < -0.4 is 10.5 Å². The fourth-order valence-electron chi connectivity index (χ4n) is 2.29. The monoisotopic (exact) mass is 275 g/mol. The molecule has 2 rings (SSSR count). The summed E-state index contributed by atoms with van der Waals surface area (Å²) in [6.45, 7) is 4.29. The Hall–Kier alpha value is -1.32. The van der Waals surface area contributed by atoms with Gasteiger partial charge in [-0.15, -0.1) is 11.3 Å². The summed E-state index contributed by atoms with van der Waals surface area (Å²) < 4.78 is 5.16. The predicted octanol–water partition coefficient (Wildman–Crippen LogP) is 4.01. The average molecular weight is 275 g/mol. The molecule has 0 radical (unpaired) electrons. The van der Waals surface area contributed by atoms with Crippen molar-refractivity contribution in [1.29, 1.82) is 0 Å². The van der Waals surface area contributed by atoms with Gasteiger partial charge in [0.25, 0.3) is 0 Å². The normalized spacial score (nSPS) is 12.4. The third-order valence-electron chi connectivity index (χ3n) is 3.38. The number of ether oxygens (including phenoxy) is 1. The zero-order valence-corrected chi connectivity index (χ0v) is 12.6. The zero-order valence-electron chi connectivity index (χ0n) is 11.8. The minimum absolute atomic E-state index is 0.132. The van der Waals surface area contributed by atoms with Gasteiger partial charge in [0.1, 0.15) is 5.75 Å². The van der Waals surface area contributed by atoms with Gasteiger partial charge in [0.2, 0.25) is 0 Å². The first-order chi connectivity index (χ1) is 9.10. The predicted molar refractivity (Wildman–Crippen MR) is 82.0 cm³/mol. The van der Waals surface area contributed by atoms with E-state index >= 15 is 0 Å². The van der Waals surface area contributed by atoms with Crippen molar-refractivity contribution in [3.8, 4) is 5.75 Å². The van der Waals surface area contributed by atoms with Crippen LogP contribution in [0, 0.1) is 13.8 Å². The summed E-state index contributed by atoms with van der Waals surface area (Å²) in [7, 11) is 1.69. The lowest BCUT2D eigenvalue weighted by Crippen LogP contribution is -2.11. The lowest BCUT2D eigenvalue weighted by atomic mass is 10.00. The Kier molecular flexibility index (Phi) is 4.61. The van der Waals surface area contributed by atoms with Gasteiger partial charge < -0.3 is 10.5 Å². The molecule has 0 saturated carbocycles. The van der Waals surface area contributed by atoms with Crippen molar-refractivity contribution in [2.45, 2.75) is 32.7 Å². The van der Waals surface area contributed by atoms with Crippen molar-refractivity contribution in [3.63, 3.8) is 0 Å². The molecule has 1 unspecified atom stereocenters. The third-order valence-corrected chi connectivity index (χ3v) is 4.36. The van der Waals surface area contributed by atoms with E-state index in [0.29, 0.717) is 0 Å². The summed E-state index contributed by atoms with van der Waals surface area (Å²) >= 11 is 1.83. The quantitative estimate of drug-likeness (QED) is 0.895. The molecule has 0 aliphatic heterocycles. The van der Waals surface area contributed by atoms with Gasteiger partial charge in [-0.25, -0.2) is 0 Å². The van der Waals surface area contributed by atoms with Gasteiger partial charge in [-0.05, 0) is 56.0 Å². The molecule has 0 aliphatic rings. The van der Waals surface area contributed by atoms with Crippen LogP contribution >= 0.6 is 11.3 Å². The molecule has 1 heterocycles. The highest BCUT2D eigenvalue weighted by molar-refractivity contribution is 7.12. The van der Waals surface area contributed by atoms with Crippen LogP contribution in [0.1, 0.15) is 33.3 Å². The van der Waals surface area contributed by atoms with Crippen molar-refractivity contribution in [1.82, 2.24) is 0 Å². The van der Waals surface area contributed by atoms with Crippen LogP contribution in [0.5, 0.6) is 5.75 Å². The van der Waals surface area contributed by atoms with E-state index in [0.717, 1.165) is 18.6 Å². The summed E-state index contributed by atoms with van der Waals surface area (Å²) in [6.07, 6.45) is 1.98. The fourth-order valence-corrected chi connectivity index (χ4v) is 3.29. The number of hydrogen-bond acceptors (Lipinski definition) is 3. The molecule has 2 N–H and O–H groups in total. The molecule has 1 atom stereocenters. The summed E-state index contributed by atoms with van der Waals surface area (Å²) in [5.74, 6) is 0.900. The lowest BCUT2D eigenvalue weighted by Gasteiger charge is -2.11. The van der Waals surface area contributed by atoms with E-state index in [2.05, 4.69) is 32.0 Å². The molecule has 0 aliphatic carbocycles. The molecule has 2 nitrogen and oxygen atoms in total. The molecule has 102 valence electrons. The number of benzene rings is 1. The van der Waals surface area contributed by atoms with Crippen molar-refractivity contribution in [3.05, 3.63) is 51.2 Å². The van der Waals surface area contributed by atoms with Crippen molar-refractivity contribution >= 4 is 11.3 Å². The number of aryl methyl sites for hydroxylation is 3. The van der Waals surface area contributed by atoms with E-state index in [9.17, 15) is 0 Å². The molecule has 0 bridgehead atoms. The largest absolute Gasteiger partial charge is 0.497 e. The minimum Gasteiger partial charge on any atom is -0.497 e. The highest BCUT2D eigenvalue weighted by Gasteiger charge is 2.11. The second-order valence-corrected chi connectivity index (χ2v) is 6.32. The first-order valence-corrected chi connectivity index (χ1v) is 7.37. The Morgan fingerprint density at radius 1 is 1.21 bits per heavy atom. The zero-order chi connectivity index (χ0) is 13.8. The van der Waals surface area contributed by atoms with Crippen LogP contribution in [0.3, 0.4) is 0 Å². The maximum atomic E-state index is 6.30. The van der Waals surface area contributed by atoms with Gasteiger partial charge in [-0.3, -0.25) is 0 Å². The third kappa shape index (κ3) is 3.58. The summed E-state index contributed by atoms with van der Waals surface area (Å²) in [6, 6.07) is 10.6. The Balaban J connectivity index is 1.96. The van der Waals surface area contributed by atoms with Crippen LogP contribution in [0.2, 0.25) is 0 Å². The van der Waals surface area contributed by atoms with Crippen molar-refractivity contribution in [2.75, 3.05) is 7.11 Å². The molecular weight excluding hydrogens is 254 g/mol. The van der Waals surface area contributed by atoms with Crippen LogP contribution in [0.25, 0.3) is 0 Å².